The molecule has 202 valence electrons. The molecule has 1 aliphatic rings. The van der Waals surface area contributed by atoms with Crippen LogP contribution < -0.4 is 4.72 Å². The Labute approximate surface area is 232 Å². The molecule has 0 radical (unpaired) electrons. The topological polar surface area (TPSA) is 105 Å². The number of benzene rings is 4. The summed E-state index contributed by atoms with van der Waals surface area (Å²) in [5.41, 5.74) is 2.90. The predicted octanol–water partition coefficient (Wildman–Crippen LogP) is 6.02. The summed E-state index contributed by atoms with van der Waals surface area (Å²) in [6, 6.07) is 30.0. The molecular weight excluding hydrogens is 534 g/mol. The molecule has 1 saturated heterocycles. The molecule has 1 heterocycles. The molecule has 3 N–H and O–H groups in total. The molecule has 9 heteroatoms. The Bertz CT molecular complexity index is 1480. The number of nitrogens with one attached hydrogen (secondary N) is 1. The van der Waals surface area contributed by atoms with Crippen LogP contribution in [-0.4, -0.2) is 30.5 Å². The van der Waals surface area contributed by atoms with Crippen molar-refractivity contribution < 1.29 is 28.1 Å². The molecule has 0 aromatic heterocycles. The number of phenols is 1. The van der Waals surface area contributed by atoms with Gasteiger partial charge in [0.05, 0.1) is 23.7 Å². The average Bonchev–Trinajstić information content (AvgIpc) is 2.97. The first-order valence-corrected chi connectivity index (χ1v) is 15.0. The number of sulfonamides is 1. The average molecular weight is 564 g/mol. The van der Waals surface area contributed by atoms with Gasteiger partial charge in [-0.05, 0) is 59.7 Å². The Hall–Kier alpha value is -3.34. The quantitative estimate of drug-likeness (QED) is 0.214. The number of aliphatic hydroxyl groups excluding tert-OH is 1. The molecule has 4 aromatic rings. The lowest BCUT2D eigenvalue weighted by Crippen LogP contribution is -2.31. The van der Waals surface area contributed by atoms with Crippen molar-refractivity contribution in [2.24, 2.45) is 0 Å². The second-order valence-electron chi connectivity index (χ2n) is 9.20. The number of anilines is 1. The lowest BCUT2D eigenvalue weighted by atomic mass is 10.0. The van der Waals surface area contributed by atoms with E-state index in [1.165, 1.54) is 0 Å². The fourth-order valence-electron chi connectivity index (χ4n) is 4.32. The van der Waals surface area contributed by atoms with E-state index in [1.807, 2.05) is 42.5 Å². The van der Waals surface area contributed by atoms with Gasteiger partial charge in [0.15, 0.2) is 6.29 Å². The lowest BCUT2D eigenvalue weighted by Gasteiger charge is -2.36. The van der Waals surface area contributed by atoms with Crippen molar-refractivity contribution in [2.75, 3.05) is 10.5 Å². The zero-order valence-corrected chi connectivity index (χ0v) is 22.6. The SMILES string of the molecule is O=S(=O)(Nc1cccc(C2OC(CSc3ccc(O)cc3)CC(c3ccc(CO)cc3)O2)c1)c1ccccc1. The fourth-order valence-corrected chi connectivity index (χ4v) is 6.31. The van der Waals surface area contributed by atoms with Gasteiger partial charge < -0.3 is 19.7 Å². The second kappa shape index (κ2) is 12.2. The smallest absolute Gasteiger partial charge is 0.261 e. The molecule has 5 rings (SSSR count). The standard InChI is InChI=1S/C30H29NO6S2/c32-19-21-9-11-22(12-10-21)29-18-26(20-38-27-15-13-25(33)14-16-27)36-30(37-29)23-5-4-6-24(17-23)31-39(34,35)28-7-2-1-3-8-28/h1-17,26,29-33H,18-20H2. The summed E-state index contributed by atoms with van der Waals surface area (Å²) in [5, 5.41) is 19.0. The maximum absolute atomic E-state index is 12.9. The summed E-state index contributed by atoms with van der Waals surface area (Å²) in [6.45, 7) is -0.0326. The van der Waals surface area contributed by atoms with Crippen molar-refractivity contribution in [1.29, 1.82) is 0 Å². The fraction of sp³-hybridized carbons (Fsp3) is 0.200. The summed E-state index contributed by atoms with van der Waals surface area (Å²) >= 11 is 1.63. The van der Waals surface area contributed by atoms with Crippen molar-refractivity contribution in [2.45, 2.75) is 41.3 Å². The van der Waals surface area contributed by atoms with E-state index in [2.05, 4.69) is 4.72 Å². The molecule has 39 heavy (non-hydrogen) atoms. The van der Waals surface area contributed by atoms with E-state index in [-0.39, 0.29) is 29.5 Å². The van der Waals surface area contributed by atoms with Crippen LogP contribution >= 0.6 is 11.8 Å². The second-order valence-corrected chi connectivity index (χ2v) is 12.0. The Kier molecular flexibility index (Phi) is 8.54. The number of ether oxygens (including phenoxy) is 2. The first-order chi connectivity index (χ1) is 18.9. The largest absolute Gasteiger partial charge is 0.508 e. The van der Waals surface area contributed by atoms with Crippen LogP contribution in [0.1, 0.15) is 35.5 Å². The lowest BCUT2D eigenvalue weighted by molar-refractivity contribution is -0.245. The summed E-state index contributed by atoms with van der Waals surface area (Å²) in [5.74, 6) is 0.881. The van der Waals surface area contributed by atoms with Gasteiger partial charge in [-0.2, -0.15) is 0 Å². The third-order valence-corrected chi connectivity index (χ3v) is 8.89. The van der Waals surface area contributed by atoms with Crippen LogP contribution in [-0.2, 0) is 26.1 Å². The van der Waals surface area contributed by atoms with Gasteiger partial charge in [-0.15, -0.1) is 11.8 Å². The van der Waals surface area contributed by atoms with Gasteiger partial charge in [-0.3, -0.25) is 4.72 Å². The third-order valence-electron chi connectivity index (χ3n) is 6.35. The van der Waals surface area contributed by atoms with Gasteiger partial charge in [0.2, 0.25) is 0 Å². The molecule has 0 aliphatic carbocycles. The van der Waals surface area contributed by atoms with E-state index in [0.717, 1.165) is 16.0 Å². The van der Waals surface area contributed by atoms with Crippen LogP contribution in [0.5, 0.6) is 5.75 Å². The highest BCUT2D eigenvalue weighted by atomic mass is 32.2. The number of hydrogen-bond donors (Lipinski definition) is 3. The molecule has 0 amide bonds. The molecular formula is C30H29NO6S2. The van der Waals surface area contributed by atoms with E-state index in [0.29, 0.717) is 23.4 Å². The van der Waals surface area contributed by atoms with Gasteiger partial charge in [0.25, 0.3) is 10.0 Å². The zero-order valence-electron chi connectivity index (χ0n) is 21.0. The summed E-state index contributed by atoms with van der Waals surface area (Å²) in [6.07, 6.45) is -0.505. The van der Waals surface area contributed by atoms with Crippen LogP contribution in [0, 0.1) is 0 Å². The molecule has 0 spiro atoms. The highest BCUT2D eigenvalue weighted by Gasteiger charge is 2.32. The molecule has 3 atom stereocenters. The molecule has 0 bridgehead atoms. The first kappa shape index (κ1) is 27.2. The van der Waals surface area contributed by atoms with Gasteiger partial charge in [0.1, 0.15) is 5.75 Å². The molecule has 1 fully saturated rings. The predicted molar refractivity (Wildman–Crippen MR) is 151 cm³/mol. The van der Waals surface area contributed by atoms with Gasteiger partial charge in [-0.25, -0.2) is 8.42 Å². The Morgan fingerprint density at radius 1 is 0.846 bits per heavy atom. The summed E-state index contributed by atoms with van der Waals surface area (Å²) < 4.78 is 41.1. The monoisotopic (exact) mass is 563 g/mol. The Balaban J connectivity index is 1.37. The van der Waals surface area contributed by atoms with E-state index in [9.17, 15) is 18.6 Å². The number of hydrogen-bond acceptors (Lipinski definition) is 7. The van der Waals surface area contributed by atoms with Crippen molar-refractivity contribution >= 4 is 27.5 Å². The van der Waals surface area contributed by atoms with Crippen molar-refractivity contribution in [1.82, 2.24) is 0 Å². The molecule has 1 aliphatic heterocycles. The van der Waals surface area contributed by atoms with Gasteiger partial charge >= 0.3 is 0 Å². The summed E-state index contributed by atoms with van der Waals surface area (Å²) in [7, 11) is -3.75. The molecule has 4 aromatic carbocycles. The van der Waals surface area contributed by atoms with Crippen molar-refractivity contribution in [3.05, 3.63) is 120 Å². The Morgan fingerprint density at radius 3 is 2.31 bits per heavy atom. The van der Waals surface area contributed by atoms with E-state index in [1.54, 1.807) is 72.4 Å². The third kappa shape index (κ3) is 7.00. The van der Waals surface area contributed by atoms with Gasteiger partial charge in [-0.1, -0.05) is 54.6 Å². The van der Waals surface area contributed by atoms with E-state index >= 15 is 0 Å². The van der Waals surface area contributed by atoms with Crippen LogP contribution in [0.15, 0.2) is 113 Å². The maximum atomic E-state index is 12.9. The van der Waals surface area contributed by atoms with Crippen LogP contribution in [0.2, 0.25) is 0 Å². The minimum Gasteiger partial charge on any atom is -0.508 e. The number of phenolic OH excluding ortho intramolecular Hbond substituents is 1. The maximum Gasteiger partial charge on any atom is 0.261 e. The minimum absolute atomic E-state index is 0.0326. The van der Waals surface area contributed by atoms with Crippen molar-refractivity contribution in [3.63, 3.8) is 0 Å². The first-order valence-electron chi connectivity index (χ1n) is 12.5. The zero-order chi connectivity index (χ0) is 27.2. The van der Waals surface area contributed by atoms with Crippen molar-refractivity contribution in [3.8, 4) is 5.75 Å². The number of aliphatic hydroxyl groups is 1. The molecule has 3 unspecified atom stereocenters. The van der Waals surface area contributed by atoms with E-state index < -0.39 is 16.3 Å². The van der Waals surface area contributed by atoms with Gasteiger partial charge in [0, 0.05) is 28.3 Å². The molecule has 0 saturated carbocycles. The number of thioether (sulfide) groups is 1. The van der Waals surface area contributed by atoms with E-state index in [4.69, 9.17) is 9.47 Å². The Morgan fingerprint density at radius 2 is 1.59 bits per heavy atom. The molecule has 7 nitrogen and oxygen atoms in total. The summed E-state index contributed by atoms with van der Waals surface area (Å²) in [4.78, 5) is 1.19. The van der Waals surface area contributed by atoms with Crippen LogP contribution in [0.25, 0.3) is 0 Å². The van der Waals surface area contributed by atoms with Crippen LogP contribution in [0.3, 0.4) is 0 Å². The van der Waals surface area contributed by atoms with Crippen LogP contribution in [0.4, 0.5) is 5.69 Å². The number of rotatable bonds is 9. The minimum atomic E-state index is -3.75. The normalized spacial score (nSPS) is 19.5. The highest BCUT2D eigenvalue weighted by Crippen LogP contribution is 2.40. The highest BCUT2D eigenvalue weighted by molar-refractivity contribution is 7.99. The number of aromatic hydroxyl groups is 1.